The molecular formula is C22H30N2O4. The van der Waals surface area contributed by atoms with Gasteiger partial charge in [0.2, 0.25) is 5.91 Å². The van der Waals surface area contributed by atoms with Gasteiger partial charge in [-0.05, 0) is 59.8 Å². The molecule has 6 nitrogen and oxygen atoms in total. The first-order valence-corrected chi connectivity index (χ1v) is 9.75. The molecule has 2 amide bonds. The molecule has 0 heterocycles. The molecule has 28 heavy (non-hydrogen) atoms. The van der Waals surface area contributed by atoms with E-state index in [9.17, 15) is 9.59 Å². The molecule has 152 valence electrons. The summed E-state index contributed by atoms with van der Waals surface area (Å²) in [5, 5.41) is 3.22. The molecule has 1 aromatic carbocycles. The first kappa shape index (κ1) is 20.2. The fourth-order valence-electron chi connectivity index (χ4n) is 4.87. The van der Waals surface area contributed by atoms with Crippen LogP contribution >= 0.6 is 0 Å². The normalized spacial score (nSPS) is 27.7. The Morgan fingerprint density at radius 1 is 1.29 bits per heavy atom. The Bertz CT molecular complexity index is 802. The average molecular weight is 386 g/mol. The van der Waals surface area contributed by atoms with Gasteiger partial charge in [-0.1, -0.05) is 26.8 Å². The van der Waals surface area contributed by atoms with Gasteiger partial charge in [-0.15, -0.1) is 0 Å². The Morgan fingerprint density at radius 3 is 2.61 bits per heavy atom. The van der Waals surface area contributed by atoms with Crippen molar-refractivity contribution in [2.45, 2.75) is 46.1 Å². The second-order valence-electron chi connectivity index (χ2n) is 8.67. The van der Waals surface area contributed by atoms with E-state index in [-0.39, 0.29) is 29.4 Å². The molecule has 6 heteroatoms. The van der Waals surface area contributed by atoms with Crippen LogP contribution in [0.25, 0.3) is 6.08 Å². The summed E-state index contributed by atoms with van der Waals surface area (Å²) in [6, 6.07) is 5.46. The van der Waals surface area contributed by atoms with Crippen molar-refractivity contribution in [2.75, 3.05) is 13.7 Å². The number of hydrogen-bond donors (Lipinski definition) is 2. The minimum atomic E-state index is -0.555. The number of methoxy groups -OCH3 is 1. The van der Waals surface area contributed by atoms with E-state index in [1.807, 2.05) is 0 Å². The highest BCUT2D eigenvalue weighted by atomic mass is 16.5. The number of benzene rings is 1. The number of primary amides is 1. The highest BCUT2D eigenvalue weighted by molar-refractivity contribution is 5.92. The van der Waals surface area contributed by atoms with Gasteiger partial charge in [0.15, 0.2) is 18.1 Å². The zero-order chi connectivity index (χ0) is 20.5. The van der Waals surface area contributed by atoms with Gasteiger partial charge >= 0.3 is 0 Å². The van der Waals surface area contributed by atoms with E-state index in [2.05, 4.69) is 26.1 Å². The second-order valence-corrected chi connectivity index (χ2v) is 8.67. The van der Waals surface area contributed by atoms with Gasteiger partial charge < -0.3 is 20.5 Å². The van der Waals surface area contributed by atoms with Crippen molar-refractivity contribution in [3.8, 4) is 11.5 Å². The molecule has 3 rings (SSSR count). The lowest BCUT2D eigenvalue weighted by atomic mass is 9.69. The highest BCUT2D eigenvalue weighted by Crippen LogP contribution is 2.65. The van der Waals surface area contributed by atoms with Crippen LogP contribution in [0.1, 0.15) is 45.6 Å². The number of amides is 2. The number of rotatable bonds is 7. The zero-order valence-electron chi connectivity index (χ0n) is 17.1. The van der Waals surface area contributed by atoms with Crippen LogP contribution in [-0.4, -0.2) is 31.6 Å². The van der Waals surface area contributed by atoms with Crippen LogP contribution in [0.15, 0.2) is 24.3 Å². The maximum Gasteiger partial charge on any atom is 0.255 e. The third kappa shape index (κ3) is 3.60. The summed E-state index contributed by atoms with van der Waals surface area (Å²) in [7, 11) is 1.52. The summed E-state index contributed by atoms with van der Waals surface area (Å²) in [5.74, 6) is 0.956. The first-order valence-electron chi connectivity index (χ1n) is 9.75. The number of ether oxygens (including phenoxy) is 2. The lowest BCUT2D eigenvalue weighted by Crippen LogP contribution is -2.46. The summed E-state index contributed by atoms with van der Waals surface area (Å²) in [6.07, 6.45) is 6.79. The third-order valence-corrected chi connectivity index (χ3v) is 7.10. The zero-order valence-corrected chi connectivity index (χ0v) is 17.1. The van der Waals surface area contributed by atoms with Crippen molar-refractivity contribution in [3.05, 3.63) is 29.8 Å². The van der Waals surface area contributed by atoms with E-state index in [0.717, 1.165) is 12.0 Å². The molecule has 0 aliphatic heterocycles. The highest BCUT2D eigenvalue weighted by Gasteiger charge is 2.61. The summed E-state index contributed by atoms with van der Waals surface area (Å²) in [6.45, 7) is 6.76. The van der Waals surface area contributed by atoms with Crippen molar-refractivity contribution in [1.29, 1.82) is 0 Å². The molecule has 1 aromatic rings. The quantitative estimate of drug-likeness (QED) is 0.705. The SMILES string of the molecule is COc1cc(/C=C/C(=O)NC2CC3CCC2(C)C3(C)C)ccc1OCC(N)=O. The molecule has 2 fully saturated rings. The molecule has 3 unspecified atom stereocenters. The van der Waals surface area contributed by atoms with Crippen LogP contribution in [0.4, 0.5) is 0 Å². The number of fused-ring (bicyclic) bond motifs is 2. The van der Waals surface area contributed by atoms with Gasteiger partial charge in [0.1, 0.15) is 0 Å². The van der Waals surface area contributed by atoms with E-state index >= 15 is 0 Å². The fraction of sp³-hybridized carbons (Fsp3) is 0.545. The molecule has 2 aliphatic carbocycles. The number of hydrogen-bond acceptors (Lipinski definition) is 4. The van der Waals surface area contributed by atoms with Crippen LogP contribution in [0.5, 0.6) is 11.5 Å². The number of carbonyl (C=O) groups is 2. The van der Waals surface area contributed by atoms with E-state index < -0.39 is 5.91 Å². The average Bonchev–Trinajstić information content (AvgIpc) is 2.98. The maximum atomic E-state index is 12.5. The Hall–Kier alpha value is -2.50. The molecule has 2 saturated carbocycles. The monoisotopic (exact) mass is 386 g/mol. The summed E-state index contributed by atoms with van der Waals surface area (Å²) < 4.78 is 10.6. The molecule has 3 N–H and O–H groups in total. The molecule has 0 spiro atoms. The van der Waals surface area contributed by atoms with Crippen molar-refractivity contribution in [1.82, 2.24) is 5.32 Å². The summed E-state index contributed by atoms with van der Waals surface area (Å²) >= 11 is 0. The second kappa shape index (κ2) is 7.49. The van der Waals surface area contributed by atoms with Crippen molar-refractivity contribution >= 4 is 17.9 Å². The molecule has 0 saturated heterocycles. The van der Waals surface area contributed by atoms with E-state index in [1.54, 1.807) is 30.4 Å². The van der Waals surface area contributed by atoms with Crippen LogP contribution in [-0.2, 0) is 9.59 Å². The smallest absolute Gasteiger partial charge is 0.255 e. The Labute approximate surface area is 166 Å². The predicted octanol–water partition coefficient (Wildman–Crippen LogP) is 2.90. The van der Waals surface area contributed by atoms with E-state index in [4.69, 9.17) is 15.2 Å². The van der Waals surface area contributed by atoms with Crippen molar-refractivity contribution in [2.24, 2.45) is 22.5 Å². The molecule has 0 radical (unpaired) electrons. The summed E-state index contributed by atoms with van der Waals surface area (Å²) in [4.78, 5) is 23.4. The molecule has 2 bridgehead atoms. The van der Waals surface area contributed by atoms with Crippen molar-refractivity contribution < 1.29 is 19.1 Å². The van der Waals surface area contributed by atoms with Gasteiger partial charge in [0.05, 0.1) is 7.11 Å². The Morgan fingerprint density at radius 2 is 2.04 bits per heavy atom. The van der Waals surface area contributed by atoms with Gasteiger partial charge in [-0.3, -0.25) is 9.59 Å². The Kier molecular flexibility index (Phi) is 5.41. The molecule has 0 aromatic heterocycles. The van der Waals surface area contributed by atoms with Crippen molar-refractivity contribution in [3.63, 3.8) is 0 Å². The Balaban J connectivity index is 1.64. The number of carbonyl (C=O) groups excluding carboxylic acids is 2. The van der Waals surface area contributed by atoms with Crippen LogP contribution in [0.2, 0.25) is 0 Å². The van der Waals surface area contributed by atoms with Gasteiger partial charge in [-0.25, -0.2) is 0 Å². The van der Waals surface area contributed by atoms with Gasteiger partial charge in [0.25, 0.3) is 5.91 Å². The van der Waals surface area contributed by atoms with Gasteiger partial charge in [-0.2, -0.15) is 0 Å². The molecule has 3 atom stereocenters. The van der Waals surface area contributed by atoms with E-state index in [1.165, 1.54) is 20.0 Å². The minimum absolute atomic E-state index is 0.0809. The lowest BCUT2D eigenvalue weighted by molar-refractivity contribution is -0.120. The standard InChI is InChI=1S/C22H30N2O4/c1-21(2)15-9-10-22(21,3)18(12-15)24-20(26)8-6-14-5-7-16(17(11-14)27-4)28-13-19(23)25/h5-8,11,15,18H,9-10,12-13H2,1-4H3,(H2,23,25)(H,24,26)/b8-6+. The molecule has 2 aliphatic rings. The van der Waals surface area contributed by atoms with Crippen LogP contribution in [0.3, 0.4) is 0 Å². The minimum Gasteiger partial charge on any atom is -0.493 e. The first-order chi connectivity index (χ1) is 13.2. The predicted molar refractivity (Wildman–Crippen MR) is 108 cm³/mol. The molecular weight excluding hydrogens is 356 g/mol. The van der Waals surface area contributed by atoms with Gasteiger partial charge in [0, 0.05) is 12.1 Å². The van der Waals surface area contributed by atoms with Crippen LogP contribution < -0.4 is 20.5 Å². The maximum absolute atomic E-state index is 12.5. The number of nitrogens with two attached hydrogens (primary N) is 1. The summed E-state index contributed by atoms with van der Waals surface area (Å²) in [5.41, 5.74) is 6.32. The van der Waals surface area contributed by atoms with Crippen LogP contribution in [0, 0.1) is 16.7 Å². The largest absolute Gasteiger partial charge is 0.493 e. The number of nitrogens with one attached hydrogen (secondary N) is 1. The topological polar surface area (TPSA) is 90.7 Å². The third-order valence-electron chi connectivity index (χ3n) is 7.10. The lowest BCUT2D eigenvalue weighted by Gasteiger charge is -2.39. The fourth-order valence-corrected chi connectivity index (χ4v) is 4.87. The van der Waals surface area contributed by atoms with E-state index in [0.29, 0.717) is 17.4 Å².